The molecule has 3 nitrogen and oxygen atoms in total. The second-order valence-corrected chi connectivity index (χ2v) is 7.73. The zero-order valence-electron chi connectivity index (χ0n) is 13.7. The molecule has 0 aromatic heterocycles. The summed E-state index contributed by atoms with van der Waals surface area (Å²) in [6, 6.07) is 16.7. The number of rotatable bonds is 5. The van der Waals surface area contributed by atoms with Crippen LogP contribution in [0.25, 0.3) is 0 Å². The molecule has 0 unspecified atom stereocenters. The molecule has 0 N–H and O–H groups in total. The van der Waals surface area contributed by atoms with Crippen molar-refractivity contribution in [3.8, 4) is 0 Å². The van der Waals surface area contributed by atoms with Gasteiger partial charge in [-0.05, 0) is 54.4 Å². The zero-order valence-corrected chi connectivity index (χ0v) is 15.3. The lowest BCUT2D eigenvalue weighted by Gasteiger charge is -2.27. The molecule has 1 aliphatic rings. The number of thioether (sulfide) groups is 1. The fourth-order valence-corrected chi connectivity index (χ4v) is 4.07. The van der Waals surface area contributed by atoms with Crippen LogP contribution in [0.3, 0.4) is 0 Å². The number of hydrogen-bond donors (Lipinski definition) is 0. The molecule has 0 atom stereocenters. The number of esters is 1. The average Bonchev–Trinajstić information content (AvgIpc) is 3.12. The second kappa shape index (κ2) is 8.07. The van der Waals surface area contributed by atoms with Crippen molar-refractivity contribution in [3.63, 3.8) is 0 Å². The first-order chi connectivity index (χ1) is 12.1. The van der Waals surface area contributed by atoms with E-state index in [1.165, 1.54) is 0 Å². The highest BCUT2D eigenvalue weighted by atomic mass is 35.5. The van der Waals surface area contributed by atoms with Crippen molar-refractivity contribution in [1.82, 2.24) is 0 Å². The normalized spacial score (nSPS) is 15.7. The van der Waals surface area contributed by atoms with Crippen LogP contribution in [0.15, 0.2) is 59.5 Å². The van der Waals surface area contributed by atoms with Gasteiger partial charge in [-0.1, -0.05) is 54.8 Å². The van der Waals surface area contributed by atoms with Gasteiger partial charge in [-0.15, -0.1) is 0 Å². The zero-order chi connectivity index (χ0) is 17.7. The van der Waals surface area contributed by atoms with Crippen LogP contribution in [0.1, 0.15) is 31.2 Å². The maximum Gasteiger partial charge on any atom is 0.317 e. The lowest BCUT2D eigenvalue weighted by atomic mass is 9.79. The third kappa shape index (κ3) is 4.25. The summed E-state index contributed by atoms with van der Waals surface area (Å²) in [5, 5.41) is 0.462. The molecule has 0 bridgehead atoms. The number of carbonyl (C=O) groups excluding carboxylic acids is 2. The molecule has 2 aromatic rings. The van der Waals surface area contributed by atoms with Crippen LogP contribution in [0.2, 0.25) is 5.02 Å². The van der Waals surface area contributed by atoms with Crippen molar-refractivity contribution in [2.45, 2.75) is 36.0 Å². The molecule has 0 spiro atoms. The molecule has 1 aliphatic carbocycles. The van der Waals surface area contributed by atoms with Crippen molar-refractivity contribution < 1.29 is 14.3 Å². The highest BCUT2D eigenvalue weighted by Crippen LogP contribution is 2.42. The molecule has 1 saturated carbocycles. The summed E-state index contributed by atoms with van der Waals surface area (Å²) in [6.45, 7) is -0.215. The molecular formula is C20H19ClO3S. The molecule has 1 fully saturated rings. The minimum atomic E-state index is -0.651. The number of carbonyl (C=O) groups is 2. The van der Waals surface area contributed by atoms with Gasteiger partial charge in [0.25, 0.3) is 0 Å². The molecule has 0 heterocycles. The van der Waals surface area contributed by atoms with Gasteiger partial charge in [0.15, 0.2) is 6.61 Å². The summed E-state index contributed by atoms with van der Waals surface area (Å²) < 4.78 is 5.41. The molecular weight excluding hydrogens is 356 g/mol. The quantitative estimate of drug-likeness (QED) is 0.544. The van der Waals surface area contributed by atoms with Gasteiger partial charge in [-0.3, -0.25) is 9.59 Å². The lowest BCUT2D eigenvalue weighted by molar-refractivity contribution is -0.152. The molecule has 0 amide bonds. The number of benzene rings is 2. The third-order valence-electron chi connectivity index (χ3n) is 4.54. The first-order valence-corrected chi connectivity index (χ1v) is 9.49. The van der Waals surface area contributed by atoms with E-state index in [1.54, 1.807) is 12.1 Å². The van der Waals surface area contributed by atoms with E-state index in [2.05, 4.69) is 0 Å². The van der Waals surface area contributed by atoms with Crippen LogP contribution in [-0.4, -0.2) is 17.7 Å². The predicted molar refractivity (Wildman–Crippen MR) is 99.9 cm³/mol. The Morgan fingerprint density at radius 2 is 1.64 bits per heavy atom. The minimum absolute atomic E-state index is 0.177. The summed E-state index contributed by atoms with van der Waals surface area (Å²) >= 11 is 7.05. The summed E-state index contributed by atoms with van der Waals surface area (Å²) in [5.41, 5.74) is 0.269. The van der Waals surface area contributed by atoms with E-state index in [9.17, 15) is 9.59 Å². The first-order valence-electron chi connectivity index (χ1n) is 8.29. The molecule has 0 radical (unpaired) electrons. The average molecular weight is 375 g/mol. The standard InChI is InChI=1S/C20H19ClO3S/c21-16-10-8-15(9-11-16)20(12-4-5-13-20)19(23)24-14-18(22)25-17-6-2-1-3-7-17/h1-3,6-11H,4-5,12-14H2. The van der Waals surface area contributed by atoms with Crippen molar-refractivity contribution >= 4 is 34.4 Å². The van der Waals surface area contributed by atoms with Gasteiger partial charge in [0, 0.05) is 9.92 Å². The Kier molecular flexibility index (Phi) is 5.82. The fraction of sp³-hybridized carbons (Fsp3) is 0.300. The van der Waals surface area contributed by atoms with Crippen LogP contribution in [-0.2, 0) is 19.7 Å². The largest absolute Gasteiger partial charge is 0.456 e. The Balaban J connectivity index is 1.65. The predicted octanol–water partition coefficient (Wildman–Crippen LogP) is 5.01. The molecule has 130 valence electrons. The number of ether oxygens (including phenoxy) is 1. The maximum absolute atomic E-state index is 12.8. The van der Waals surface area contributed by atoms with E-state index in [0.717, 1.165) is 47.9 Å². The molecule has 5 heteroatoms. The first kappa shape index (κ1) is 18.0. The Labute approximate surface area is 156 Å². The fourth-order valence-electron chi connectivity index (χ4n) is 3.27. The number of hydrogen-bond acceptors (Lipinski definition) is 4. The van der Waals surface area contributed by atoms with Crippen LogP contribution in [0.5, 0.6) is 0 Å². The Bertz CT molecular complexity index is 737. The van der Waals surface area contributed by atoms with Crippen molar-refractivity contribution in [1.29, 1.82) is 0 Å². The van der Waals surface area contributed by atoms with Crippen molar-refractivity contribution in [2.24, 2.45) is 0 Å². The Morgan fingerprint density at radius 1 is 1.00 bits per heavy atom. The SMILES string of the molecule is O=C(COC(=O)C1(c2ccc(Cl)cc2)CCCC1)Sc1ccccc1. The highest BCUT2D eigenvalue weighted by Gasteiger charge is 2.44. The van der Waals surface area contributed by atoms with E-state index >= 15 is 0 Å². The van der Waals surface area contributed by atoms with E-state index in [0.29, 0.717) is 5.02 Å². The molecule has 2 aromatic carbocycles. The summed E-state index contributed by atoms with van der Waals surface area (Å²) in [7, 11) is 0. The summed E-state index contributed by atoms with van der Waals surface area (Å²) in [5.74, 6) is -0.311. The van der Waals surface area contributed by atoms with Crippen LogP contribution >= 0.6 is 23.4 Å². The van der Waals surface area contributed by atoms with Crippen LogP contribution in [0.4, 0.5) is 0 Å². The van der Waals surface area contributed by atoms with Crippen molar-refractivity contribution in [2.75, 3.05) is 6.61 Å². The molecule has 3 rings (SSSR count). The molecule has 0 saturated heterocycles. The topological polar surface area (TPSA) is 43.4 Å². The third-order valence-corrected chi connectivity index (χ3v) is 5.65. The van der Waals surface area contributed by atoms with E-state index in [4.69, 9.17) is 16.3 Å². The molecule has 25 heavy (non-hydrogen) atoms. The van der Waals surface area contributed by atoms with Gasteiger partial charge < -0.3 is 4.74 Å². The summed E-state index contributed by atoms with van der Waals surface area (Å²) in [6.07, 6.45) is 3.44. The van der Waals surface area contributed by atoms with Crippen LogP contribution in [0, 0.1) is 0 Å². The Hall–Kier alpha value is -1.78. The van der Waals surface area contributed by atoms with E-state index in [-0.39, 0.29) is 17.7 Å². The van der Waals surface area contributed by atoms with Gasteiger partial charge in [0.1, 0.15) is 0 Å². The van der Waals surface area contributed by atoms with Gasteiger partial charge in [-0.25, -0.2) is 0 Å². The maximum atomic E-state index is 12.8. The van der Waals surface area contributed by atoms with E-state index in [1.807, 2.05) is 42.5 Å². The van der Waals surface area contributed by atoms with Crippen LogP contribution < -0.4 is 0 Å². The lowest BCUT2D eigenvalue weighted by Crippen LogP contribution is -2.35. The minimum Gasteiger partial charge on any atom is -0.456 e. The van der Waals surface area contributed by atoms with E-state index < -0.39 is 5.41 Å². The van der Waals surface area contributed by atoms with Gasteiger partial charge >= 0.3 is 5.97 Å². The van der Waals surface area contributed by atoms with Gasteiger partial charge in [0.2, 0.25) is 5.12 Å². The molecule has 0 aliphatic heterocycles. The Morgan fingerprint density at radius 3 is 2.28 bits per heavy atom. The van der Waals surface area contributed by atoms with Gasteiger partial charge in [-0.2, -0.15) is 0 Å². The highest BCUT2D eigenvalue weighted by molar-refractivity contribution is 8.13. The monoisotopic (exact) mass is 374 g/mol. The summed E-state index contributed by atoms with van der Waals surface area (Å²) in [4.78, 5) is 25.7. The number of halogens is 1. The van der Waals surface area contributed by atoms with Crippen molar-refractivity contribution in [3.05, 3.63) is 65.2 Å². The second-order valence-electron chi connectivity index (χ2n) is 6.16. The smallest absolute Gasteiger partial charge is 0.317 e. The van der Waals surface area contributed by atoms with Gasteiger partial charge in [0.05, 0.1) is 5.41 Å².